The van der Waals surface area contributed by atoms with Gasteiger partial charge in [-0.3, -0.25) is 4.79 Å². The number of piperidine rings is 1. The predicted molar refractivity (Wildman–Crippen MR) is 87.3 cm³/mol. The van der Waals surface area contributed by atoms with Crippen molar-refractivity contribution >= 4 is 21.8 Å². The van der Waals surface area contributed by atoms with Gasteiger partial charge in [0, 0.05) is 22.6 Å². The number of rotatable bonds is 2. The number of benzene rings is 1. The maximum Gasteiger partial charge on any atom is 0.254 e. The quantitative estimate of drug-likeness (QED) is 0.760. The molecule has 0 aromatic heterocycles. The fourth-order valence-corrected chi connectivity index (χ4v) is 3.60. The van der Waals surface area contributed by atoms with E-state index in [0.717, 1.165) is 41.4 Å². The molecule has 0 bridgehead atoms. The lowest BCUT2D eigenvalue weighted by Gasteiger charge is -2.36. The second kappa shape index (κ2) is 6.30. The van der Waals surface area contributed by atoms with Gasteiger partial charge >= 0.3 is 0 Å². The molecule has 0 spiro atoms. The van der Waals surface area contributed by atoms with Crippen molar-refractivity contribution in [2.24, 2.45) is 0 Å². The summed E-state index contributed by atoms with van der Waals surface area (Å²) in [6.45, 7) is 9.34. The van der Waals surface area contributed by atoms with Crippen LogP contribution >= 0.6 is 15.9 Å². The standard InChI is InChI=1S/C17H24BrNO/c1-5-14-8-6-7-9-19(14)17(20)15-10-16(18)13(4)11(2)12(15)3/h10,14H,5-9H2,1-4H3. The van der Waals surface area contributed by atoms with Gasteiger partial charge in [-0.05, 0) is 69.2 Å². The Morgan fingerprint density at radius 2 is 1.95 bits per heavy atom. The highest BCUT2D eigenvalue weighted by atomic mass is 79.9. The molecule has 1 aromatic carbocycles. The third kappa shape index (κ3) is 2.78. The molecule has 3 heteroatoms. The SMILES string of the molecule is CCC1CCCCN1C(=O)c1cc(Br)c(C)c(C)c1C. The van der Waals surface area contributed by atoms with Crippen molar-refractivity contribution in [3.63, 3.8) is 0 Å². The molecular formula is C17H24BrNO. The summed E-state index contributed by atoms with van der Waals surface area (Å²) in [6, 6.07) is 2.41. The van der Waals surface area contributed by atoms with E-state index in [1.807, 2.05) is 6.07 Å². The summed E-state index contributed by atoms with van der Waals surface area (Å²) in [7, 11) is 0. The number of halogens is 1. The van der Waals surface area contributed by atoms with Gasteiger partial charge < -0.3 is 4.90 Å². The molecule has 1 saturated heterocycles. The van der Waals surface area contributed by atoms with Crippen LogP contribution in [0.2, 0.25) is 0 Å². The van der Waals surface area contributed by atoms with Crippen molar-refractivity contribution in [1.82, 2.24) is 4.90 Å². The molecule has 0 saturated carbocycles. The van der Waals surface area contributed by atoms with Crippen LogP contribution in [0.15, 0.2) is 10.5 Å². The molecule has 0 aliphatic carbocycles. The molecule has 2 rings (SSSR count). The van der Waals surface area contributed by atoms with Crippen LogP contribution in [-0.2, 0) is 0 Å². The Hall–Kier alpha value is -0.830. The molecule has 1 heterocycles. The zero-order valence-corrected chi connectivity index (χ0v) is 14.5. The minimum Gasteiger partial charge on any atom is -0.336 e. The van der Waals surface area contributed by atoms with Crippen LogP contribution in [0, 0.1) is 20.8 Å². The van der Waals surface area contributed by atoms with Crippen molar-refractivity contribution in [3.05, 3.63) is 32.8 Å². The van der Waals surface area contributed by atoms with Crippen LogP contribution in [0.5, 0.6) is 0 Å². The van der Waals surface area contributed by atoms with Crippen molar-refractivity contribution in [2.45, 2.75) is 59.4 Å². The molecule has 0 radical (unpaired) electrons. The first-order chi connectivity index (χ1) is 9.47. The molecule has 1 aromatic rings. The number of hydrogen-bond donors (Lipinski definition) is 0. The smallest absolute Gasteiger partial charge is 0.254 e. The van der Waals surface area contributed by atoms with Crippen LogP contribution < -0.4 is 0 Å². The van der Waals surface area contributed by atoms with Gasteiger partial charge in [0.2, 0.25) is 0 Å². The van der Waals surface area contributed by atoms with Crippen LogP contribution in [0.1, 0.15) is 59.7 Å². The largest absolute Gasteiger partial charge is 0.336 e. The van der Waals surface area contributed by atoms with E-state index in [1.165, 1.54) is 17.5 Å². The second-order valence-corrected chi connectivity index (χ2v) is 6.69. The molecule has 1 amide bonds. The van der Waals surface area contributed by atoms with Gasteiger partial charge in [-0.2, -0.15) is 0 Å². The number of nitrogens with zero attached hydrogens (tertiary/aromatic N) is 1. The van der Waals surface area contributed by atoms with Gasteiger partial charge in [0.05, 0.1) is 0 Å². The first kappa shape index (κ1) is 15.6. The fraction of sp³-hybridized carbons (Fsp3) is 0.588. The Morgan fingerprint density at radius 1 is 1.25 bits per heavy atom. The molecule has 2 nitrogen and oxygen atoms in total. The highest BCUT2D eigenvalue weighted by molar-refractivity contribution is 9.10. The summed E-state index contributed by atoms with van der Waals surface area (Å²) in [5.74, 6) is 0.206. The molecule has 1 fully saturated rings. The highest BCUT2D eigenvalue weighted by Crippen LogP contribution is 2.29. The zero-order valence-electron chi connectivity index (χ0n) is 12.9. The normalized spacial score (nSPS) is 19.2. The Balaban J connectivity index is 2.38. The van der Waals surface area contributed by atoms with Crippen molar-refractivity contribution in [3.8, 4) is 0 Å². The molecule has 0 N–H and O–H groups in total. The third-order valence-corrected chi connectivity index (χ3v) is 5.57. The maximum atomic E-state index is 12.9. The van der Waals surface area contributed by atoms with Crippen LogP contribution in [0.4, 0.5) is 0 Å². The molecule has 1 aliphatic heterocycles. The summed E-state index contributed by atoms with van der Waals surface area (Å²) in [4.78, 5) is 15.0. The van der Waals surface area contributed by atoms with E-state index < -0.39 is 0 Å². The first-order valence-corrected chi connectivity index (χ1v) is 8.34. The Labute approximate surface area is 130 Å². The van der Waals surface area contributed by atoms with E-state index in [-0.39, 0.29) is 5.91 Å². The Bertz CT molecular complexity index is 524. The van der Waals surface area contributed by atoms with Crippen molar-refractivity contribution in [1.29, 1.82) is 0 Å². The molecule has 110 valence electrons. The second-order valence-electron chi connectivity index (χ2n) is 5.84. The number of amides is 1. The summed E-state index contributed by atoms with van der Waals surface area (Å²) in [5.41, 5.74) is 4.42. The minimum absolute atomic E-state index is 0.206. The number of carbonyl (C=O) groups excluding carboxylic acids is 1. The monoisotopic (exact) mass is 337 g/mol. The predicted octanol–water partition coefficient (Wildman–Crippen LogP) is 4.78. The molecular weight excluding hydrogens is 314 g/mol. The van der Waals surface area contributed by atoms with Gasteiger partial charge in [0.15, 0.2) is 0 Å². The van der Waals surface area contributed by atoms with Crippen LogP contribution in [-0.4, -0.2) is 23.4 Å². The summed E-state index contributed by atoms with van der Waals surface area (Å²) < 4.78 is 1.04. The van der Waals surface area contributed by atoms with Gasteiger partial charge in [0.25, 0.3) is 5.91 Å². The van der Waals surface area contributed by atoms with E-state index in [2.05, 4.69) is 48.5 Å². The maximum absolute atomic E-state index is 12.9. The summed E-state index contributed by atoms with van der Waals surface area (Å²) in [5, 5.41) is 0. The van der Waals surface area contributed by atoms with E-state index in [0.29, 0.717) is 6.04 Å². The topological polar surface area (TPSA) is 20.3 Å². The van der Waals surface area contributed by atoms with E-state index in [4.69, 9.17) is 0 Å². The van der Waals surface area contributed by atoms with Crippen molar-refractivity contribution < 1.29 is 4.79 Å². The molecule has 1 unspecified atom stereocenters. The number of likely N-dealkylation sites (tertiary alicyclic amines) is 1. The van der Waals surface area contributed by atoms with Crippen molar-refractivity contribution in [2.75, 3.05) is 6.54 Å². The van der Waals surface area contributed by atoms with E-state index in [9.17, 15) is 4.79 Å². The Kier molecular flexibility index (Phi) is 4.90. The summed E-state index contributed by atoms with van der Waals surface area (Å²) >= 11 is 3.58. The lowest BCUT2D eigenvalue weighted by atomic mass is 9.95. The lowest BCUT2D eigenvalue weighted by molar-refractivity contribution is 0.0607. The minimum atomic E-state index is 0.206. The molecule has 1 aliphatic rings. The fourth-order valence-electron chi connectivity index (χ4n) is 3.07. The third-order valence-electron chi connectivity index (χ3n) is 4.75. The molecule has 1 atom stereocenters. The van der Waals surface area contributed by atoms with Gasteiger partial charge in [0.1, 0.15) is 0 Å². The Morgan fingerprint density at radius 3 is 2.60 bits per heavy atom. The number of hydrogen-bond acceptors (Lipinski definition) is 1. The van der Waals surface area contributed by atoms with Crippen LogP contribution in [0.3, 0.4) is 0 Å². The van der Waals surface area contributed by atoms with Gasteiger partial charge in [-0.15, -0.1) is 0 Å². The first-order valence-electron chi connectivity index (χ1n) is 7.54. The average Bonchev–Trinajstić information content (AvgIpc) is 2.48. The average molecular weight is 338 g/mol. The van der Waals surface area contributed by atoms with E-state index in [1.54, 1.807) is 0 Å². The molecule has 20 heavy (non-hydrogen) atoms. The lowest BCUT2D eigenvalue weighted by Crippen LogP contribution is -2.43. The number of carbonyl (C=O) groups is 1. The van der Waals surface area contributed by atoms with E-state index >= 15 is 0 Å². The van der Waals surface area contributed by atoms with Crippen LogP contribution in [0.25, 0.3) is 0 Å². The highest BCUT2D eigenvalue weighted by Gasteiger charge is 2.27. The summed E-state index contributed by atoms with van der Waals surface area (Å²) in [6.07, 6.45) is 4.58. The van der Waals surface area contributed by atoms with Gasteiger partial charge in [-0.1, -0.05) is 22.9 Å². The zero-order chi connectivity index (χ0) is 14.9. The van der Waals surface area contributed by atoms with Gasteiger partial charge in [-0.25, -0.2) is 0 Å².